The van der Waals surface area contributed by atoms with Crippen molar-refractivity contribution in [2.45, 2.75) is 25.9 Å². The topological polar surface area (TPSA) is 57.6 Å². The van der Waals surface area contributed by atoms with Crippen LogP contribution in [0.25, 0.3) is 11.0 Å². The molecule has 30 heavy (non-hydrogen) atoms. The van der Waals surface area contributed by atoms with E-state index in [1.807, 2.05) is 24.3 Å². The fraction of sp³-hybridized carbons (Fsp3) is 0.500. The zero-order chi connectivity index (χ0) is 20.3. The highest BCUT2D eigenvalue weighted by atomic mass is 32.1. The highest BCUT2D eigenvalue weighted by Crippen LogP contribution is 2.31. The van der Waals surface area contributed by atoms with Gasteiger partial charge in [-0.2, -0.15) is 0 Å². The number of morpholine rings is 1. The maximum Gasteiger partial charge on any atom is 0.172 e. The second-order valence-corrected chi connectivity index (χ2v) is 8.97. The van der Waals surface area contributed by atoms with Crippen molar-refractivity contribution in [2.24, 2.45) is 0 Å². The molecule has 0 atom stereocenters. The molecule has 0 N–H and O–H groups in total. The molecule has 5 rings (SSSR count). The number of fused-ring (bicyclic) bond motifs is 1. The average molecular weight is 425 g/mol. The van der Waals surface area contributed by atoms with E-state index in [0.717, 1.165) is 80.8 Å². The lowest BCUT2D eigenvalue weighted by Crippen LogP contribution is -2.35. The van der Waals surface area contributed by atoms with Crippen LogP contribution in [0.4, 0.5) is 11.6 Å². The van der Waals surface area contributed by atoms with Crippen LogP contribution in [0.15, 0.2) is 29.6 Å². The van der Waals surface area contributed by atoms with E-state index in [1.54, 1.807) is 11.3 Å². The number of ether oxygens (including phenoxy) is 1. The summed E-state index contributed by atoms with van der Waals surface area (Å²) >= 11 is 1.75. The Kier molecular flexibility index (Phi) is 5.79. The van der Waals surface area contributed by atoms with Crippen LogP contribution in [0.1, 0.15) is 23.5 Å². The van der Waals surface area contributed by atoms with E-state index in [9.17, 15) is 0 Å². The van der Waals surface area contributed by atoms with Crippen molar-refractivity contribution in [3.63, 3.8) is 0 Å². The summed E-state index contributed by atoms with van der Waals surface area (Å²) in [7, 11) is 2.10. The fourth-order valence-corrected chi connectivity index (χ4v) is 4.97. The third-order valence-corrected chi connectivity index (χ3v) is 6.65. The fourth-order valence-electron chi connectivity index (χ4n) is 4.14. The predicted octanol–water partition coefficient (Wildman–Crippen LogP) is 3.16. The van der Waals surface area contributed by atoms with Gasteiger partial charge in [0, 0.05) is 38.6 Å². The lowest BCUT2D eigenvalue weighted by Gasteiger charge is -2.26. The SMILES string of the molecule is CN(Cc1csc(CN2CCOCC2)n1)c1nc2ccccc2nc1N1CCCC1. The Bertz CT molecular complexity index is 996. The van der Waals surface area contributed by atoms with Crippen molar-refractivity contribution >= 4 is 34.0 Å². The van der Waals surface area contributed by atoms with Crippen LogP contribution < -0.4 is 9.80 Å². The van der Waals surface area contributed by atoms with Gasteiger partial charge in [-0.1, -0.05) is 12.1 Å². The Morgan fingerprint density at radius 3 is 2.50 bits per heavy atom. The number of nitrogens with zero attached hydrogens (tertiary/aromatic N) is 6. The van der Waals surface area contributed by atoms with Crippen LogP contribution in [0.5, 0.6) is 0 Å². The maximum absolute atomic E-state index is 5.45. The molecule has 1 aromatic carbocycles. The molecule has 2 aromatic heterocycles. The molecule has 4 heterocycles. The van der Waals surface area contributed by atoms with Gasteiger partial charge in [0.1, 0.15) is 5.01 Å². The Hall–Kier alpha value is -2.29. The highest BCUT2D eigenvalue weighted by Gasteiger charge is 2.22. The van der Waals surface area contributed by atoms with Crippen LogP contribution in [0.2, 0.25) is 0 Å². The van der Waals surface area contributed by atoms with Crippen LogP contribution in [0, 0.1) is 0 Å². The summed E-state index contributed by atoms with van der Waals surface area (Å²) in [6, 6.07) is 8.13. The van der Waals surface area contributed by atoms with Gasteiger partial charge in [0.15, 0.2) is 11.6 Å². The third-order valence-electron chi connectivity index (χ3n) is 5.76. The van der Waals surface area contributed by atoms with Crippen LogP contribution >= 0.6 is 11.3 Å². The quantitative estimate of drug-likeness (QED) is 0.602. The minimum Gasteiger partial charge on any atom is -0.379 e. The molecule has 158 valence electrons. The Balaban J connectivity index is 1.36. The first-order valence-electron chi connectivity index (χ1n) is 10.7. The van der Waals surface area contributed by atoms with E-state index in [1.165, 1.54) is 17.8 Å². The van der Waals surface area contributed by atoms with Gasteiger partial charge in [0.05, 0.1) is 43.0 Å². The molecule has 7 nitrogen and oxygen atoms in total. The van der Waals surface area contributed by atoms with Crippen molar-refractivity contribution in [1.82, 2.24) is 19.9 Å². The van der Waals surface area contributed by atoms with Gasteiger partial charge >= 0.3 is 0 Å². The van der Waals surface area contributed by atoms with Gasteiger partial charge in [0.2, 0.25) is 0 Å². The second-order valence-electron chi connectivity index (χ2n) is 8.03. The number of para-hydroxylation sites is 2. The summed E-state index contributed by atoms with van der Waals surface area (Å²) in [5, 5.41) is 3.35. The van der Waals surface area contributed by atoms with Gasteiger partial charge in [-0.05, 0) is 25.0 Å². The Labute approximate surface area is 181 Å². The molecule has 0 bridgehead atoms. The summed E-state index contributed by atoms with van der Waals surface area (Å²) in [6.07, 6.45) is 2.43. The molecule has 2 fully saturated rings. The van der Waals surface area contributed by atoms with E-state index in [-0.39, 0.29) is 0 Å². The predicted molar refractivity (Wildman–Crippen MR) is 121 cm³/mol. The molecule has 0 radical (unpaired) electrons. The largest absolute Gasteiger partial charge is 0.379 e. The van der Waals surface area contributed by atoms with E-state index in [4.69, 9.17) is 19.7 Å². The highest BCUT2D eigenvalue weighted by molar-refractivity contribution is 7.09. The molecular weight excluding hydrogens is 396 g/mol. The number of anilines is 2. The van der Waals surface area contributed by atoms with Gasteiger partial charge in [-0.3, -0.25) is 4.90 Å². The summed E-state index contributed by atoms with van der Waals surface area (Å²) in [4.78, 5) is 21.9. The first kappa shape index (κ1) is 19.7. The Morgan fingerprint density at radius 1 is 1.00 bits per heavy atom. The van der Waals surface area contributed by atoms with Crippen LogP contribution in [0.3, 0.4) is 0 Å². The van der Waals surface area contributed by atoms with E-state index in [2.05, 4.69) is 27.1 Å². The minimum absolute atomic E-state index is 0.730. The molecule has 8 heteroatoms. The number of hydrogen-bond donors (Lipinski definition) is 0. The molecule has 0 aliphatic carbocycles. The summed E-state index contributed by atoms with van der Waals surface area (Å²) in [5.74, 6) is 1.94. The molecular formula is C22H28N6OS. The monoisotopic (exact) mass is 424 g/mol. The summed E-state index contributed by atoms with van der Waals surface area (Å²) in [5.41, 5.74) is 2.99. The van der Waals surface area contributed by atoms with E-state index in [0.29, 0.717) is 0 Å². The van der Waals surface area contributed by atoms with Gasteiger partial charge in [0.25, 0.3) is 0 Å². The van der Waals surface area contributed by atoms with Gasteiger partial charge in [-0.25, -0.2) is 15.0 Å². The molecule has 2 saturated heterocycles. The molecule has 0 unspecified atom stereocenters. The molecule has 0 spiro atoms. The normalized spacial score (nSPS) is 17.7. The van der Waals surface area contributed by atoms with Crippen molar-refractivity contribution < 1.29 is 4.74 Å². The molecule has 2 aliphatic heterocycles. The van der Waals surface area contributed by atoms with Crippen molar-refractivity contribution in [3.05, 3.63) is 40.3 Å². The average Bonchev–Trinajstić information content (AvgIpc) is 3.46. The van der Waals surface area contributed by atoms with Crippen molar-refractivity contribution in [1.29, 1.82) is 0 Å². The van der Waals surface area contributed by atoms with Gasteiger partial charge in [-0.15, -0.1) is 11.3 Å². The second kappa shape index (κ2) is 8.83. The number of hydrogen-bond acceptors (Lipinski definition) is 8. The standard InChI is InChI=1S/C22H28N6OS/c1-26(14-17-16-30-20(23-17)15-27-10-12-29-13-11-27)21-22(28-8-4-5-9-28)25-19-7-3-2-6-18(19)24-21/h2-3,6-7,16H,4-5,8-15H2,1H3. The van der Waals surface area contributed by atoms with Crippen molar-refractivity contribution in [3.8, 4) is 0 Å². The van der Waals surface area contributed by atoms with E-state index < -0.39 is 0 Å². The first-order valence-corrected chi connectivity index (χ1v) is 11.6. The summed E-state index contributed by atoms with van der Waals surface area (Å²) < 4.78 is 5.45. The minimum atomic E-state index is 0.730. The molecule has 2 aliphatic rings. The van der Waals surface area contributed by atoms with Crippen LogP contribution in [-0.2, 0) is 17.8 Å². The zero-order valence-electron chi connectivity index (χ0n) is 17.5. The maximum atomic E-state index is 5.45. The molecule has 3 aromatic rings. The number of aromatic nitrogens is 3. The Morgan fingerprint density at radius 2 is 1.73 bits per heavy atom. The van der Waals surface area contributed by atoms with Crippen molar-refractivity contribution in [2.75, 3.05) is 56.2 Å². The third kappa shape index (κ3) is 4.26. The first-order chi connectivity index (χ1) is 14.8. The summed E-state index contributed by atoms with van der Waals surface area (Å²) in [6.45, 7) is 7.35. The molecule has 0 saturated carbocycles. The molecule has 0 amide bonds. The number of benzene rings is 1. The lowest BCUT2D eigenvalue weighted by atomic mass is 10.3. The van der Waals surface area contributed by atoms with E-state index >= 15 is 0 Å². The zero-order valence-corrected chi connectivity index (χ0v) is 18.3. The lowest BCUT2D eigenvalue weighted by molar-refractivity contribution is 0.0341. The number of rotatable bonds is 6. The van der Waals surface area contributed by atoms with Gasteiger partial charge < -0.3 is 14.5 Å². The number of thiazole rings is 1. The smallest absolute Gasteiger partial charge is 0.172 e. The van der Waals surface area contributed by atoms with Crippen LogP contribution in [-0.4, -0.2) is 66.3 Å².